The third-order valence-corrected chi connectivity index (χ3v) is 4.81. The van der Waals surface area contributed by atoms with Crippen LogP contribution < -0.4 is 0 Å². The van der Waals surface area contributed by atoms with Crippen LogP contribution in [0, 0.1) is 0 Å². The van der Waals surface area contributed by atoms with Crippen LogP contribution in [0.25, 0.3) is 5.57 Å². The molecule has 1 aromatic heterocycles. The molecule has 1 saturated heterocycles. The Balaban J connectivity index is 1.88. The van der Waals surface area contributed by atoms with Crippen molar-refractivity contribution < 1.29 is 4.79 Å². The fraction of sp³-hybridized carbons (Fsp3) is 0.462. The lowest BCUT2D eigenvalue weighted by Gasteiger charge is -2.33. The van der Waals surface area contributed by atoms with Gasteiger partial charge < -0.3 is 4.90 Å². The number of halogens is 1. The Bertz CT molecular complexity index is 454. The minimum absolute atomic E-state index is 0.0839. The molecule has 1 fully saturated rings. The summed E-state index contributed by atoms with van der Waals surface area (Å²) in [5, 5.41) is 2.11. The van der Waals surface area contributed by atoms with Gasteiger partial charge in [-0.05, 0) is 36.3 Å². The molecule has 0 aromatic carbocycles. The van der Waals surface area contributed by atoms with E-state index >= 15 is 0 Å². The number of rotatable bonds is 2. The van der Waals surface area contributed by atoms with E-state index in [9.17, 15) is 4.79 Å². The number of hydrogen-bond acceptors (Lipinski definition) is 2. The van der Waals surface area contributed by atoms with Crippen LogP contribution in [-0.4, -0.2) is 28.8 Å². The lowest BCUT2D eigenvalue weighted by Crippen LogP contribution is -2.43. The van der Waals surface area contributed by atoms with Crippen molar-refractivity contribution >= 4 is 34.4 Å². The van der Waals surface area contributed by atoms with Crippen molar-refractivity contribution in [2.45, 2.75) is 31.3 Å². The van der Waals surface area contributed by atoms with Gasteiger partial charge in [0.1, 0.15) is 5.88 Å². The fourth-order valence-corrected chi connectivity index (χ4v) is 3.83. The molecule has 3 rings (SSSR count). The second-order valence-corrected chi connectivity index (χ2v) is 5.82. The molecule has 0 N–H and O–H groups in total. The predicted molar refractivity (Wildman–Crippen MR) is 71.3 cm³/mol. The first kappa shape index (κ1) is 11.3. The first-order valence-corrected chi connectivity index (χ1v) is 7.32. The number of nitrogens with zero attached hydrogens (tertiary/aromatic N) is 1. The van der Waals surface area contributed by atoms with E-state index in [0.717, 1.165) is 19.3 Å². The van der Waals surface area contributed by atoms with Crippen LogP contribution >= 0.6 is 22.9 Å². The Morgan fingerprint density at radius 1 is 1.53 bits per heavy atom. The van der Waals surface area contributed by atoms with Crippen molar-refractivity contribution in [3.8, 4) is 0 Å². The molecule has 4 heteroatoms. The molecule has 2 nitrogen and oxygen atoms in total. The highest BCUT2D eigenvalue weighted by molar-refractivity contribution is 7.11. The van der Waals surface area contributed by atoms with Crippen LogP contribution in [0.2, 0.25) is 0 Å². The molecular formula is C13H14ClNOS. The zero-order valence-corrected chi connectivity index (χ0v) is 11.0. The molecular weight excluding hydrogens is 254 g/mol. The molecule has 1 aromatic rings. The molecule has 2 aliphatic rings. The lowest BCUT2D eigenvalue weighted by atomic mass is 10.00. The van der Waals surface area contributed by atoms with E-state index in [1.807, 2.05) is 4.90 Å². The highest BCUT2D eigenvalue weighted by atomic mass is 35.5. The first-order valence-electron chi connectivity index (χ1n) is 5.91. The van der Waals surface area contributed by atoms with Crippen molar-refractivity contribution in [2.75, 3.05) is 5.88 Å². The fourth-order valence-electron chi connectivity index (χ4n) is 2.93. The van der Waals surface area contributed by atoms with Crippen molar-refractivity contribution in [2.24, 2.45) is 0 Å². The van der Waals surface area contributed by atoms with Gasteiger partial charge >= 0.3 is 0 Å². The average Bonchev–Trinajstić information content (AvgIpc) is 2.95. The Kier molecular flexibility index (Phi) is 2.97. The van der Waals surface area contributed by atoms with Crippen molar-refractivity contribution in [1.82, 2.24) is 4.90 Å². The third kappa shape index (κ3) is 1.91. The largest absolute Gasteiger partial charge is 0.332 e. The molecule has 3 heterocycles. The van der Waals surface area contributed by atoms with E-state index < -0.39 is 0 Å². The molecule has 0 aliphatic carbocycles. The molecule has 0 saturated carbocycles. The number of amides is 1. The van der Waals surface area contributed by atoms with E-state index in [-0.39, 0.29) is 17.8 Å². The summed E-state index contributed by atoms with van der Waals surface area (Å²) in [4.78, 5) is 15.1. The van der Waals surface area contributed by atoms with Gasteiger partial charge in [-0.25, -0.2) is 0 Å². The SMILES string of the molecule is O=C(CCl)N1C2C=C(c3cccs3)CC1CC2. The summed E-state index contributed by atoms with van der Waals surface area (Å²) in [6, 6.07) is 4.89. The zero-order valence-electron chi connectivity index (χ0n) is 9.43. The number of thiophene rings is 1. The highest BCUT2D eigenvalue weighted by Crippen LogP contribution is 2.39. The van der Waals surface area contributed by atoms with Crippen LogP contribution in [0.15, 0.2) is 23.6 Å². The Morgan fingerprint density at radius 2 is 2.41 bits per heavy atom. The van der Waals surface area contributed by atoms with Gasteiger partial charge in [0.15, 0.2) is 0 Å². The van der Waals surface area contributed by atoms with Gasteiger partial charge in [-0.3, -0.25) is 4.79 Å². The van der Waals surface area contributed by atoms with Crippen molar-refractivity contribution in [1.29, 1.82) is 0 Å². The summed E-state index contributed by atoms with van der Waals surface area (Å²) in [5.74, 6) is 0.190. The molecule has 90 valence electrons. The van der Waals surface area contributed by atoms with E-state index in [0.29, 0.717) is 6.04 Å². The standard InChI is InChI=1S/C13H14ClNOS/c14-8-13(16)15-10-3-4-11(15)7-9(6-10)12-2-1-5-17-12/h1-2,5-6,10-11H,3-4,7-8H2. The van der Waals surface area contributed by atoms with Crippen LogP contribution in [0.1, 0.15) is 24.1 Å². The minimum Gasteiger partial charge on any atom is -0.332 e. The first-order chi connectivity index (χ1) is 8.29. The van der Waals surface area contributed by atoms with Crippen LogP contribution in [-0.2, 0) is 4.79 Å². The number of hydrogen-bond donors (Lipinski definition) is 0. The quantitative estimate of drug-likeness (QED) is 0.754. The van der Waals surface area contributed by atoms with Gasteiger partial charge in [-0.2, -0.15) is 0 Å². The van der Waals surface area contributed by atoms with Crippen molar-refractivity contribution in [3.05, 3.63) is 28.5 Å². The van der Waals surface area contributed by atoms with Gasteiger partial charge in [-0.1, -0.05) is 12.1 Å². The number of fused-ring (bicyclic) bond motifs is 2. The molecule has 17 heavy (non-hydrogen) atoms. The lowest BCUT2D eigenvalue weighted by molar-refractivity contribution is -0.130. The summed E-state index contributed by atoms with van der Waals surface area (Å²) in [5.41, 5.74) is 1.41. The second kappa shape index (κ2) is 4.46. The maximum Gasteiger partial charge on any atom is 0.238 e. The van der Waals surface area contributed by atoms with Gasteiger partial charge in [-0.15, -0.1) is 22.9 Å². The maximum absolute atomic E-state index is 11.8. The topological polar surface area (TPSA) is 20.3 Å². The predicted octanol–water partition coefficient (Wildman–Crippen LogP) is 3.13. The van der Waals surface area contributed by atoms with Crippen LogP contribution in [0.3, 0.4) is 0 Å². The summed E-state index contributed by atoms with van der Waals surface area (Å²) in [6.45, 7) is 0. The minimum atomic E-state index is 0.0839. The van der Waals surface area contributed by atoms with E-state index in [1.165, 1.54) is 10.5 Å². The van der Waals surface area contributed by atoms with E-state index in [2.05, 4.69) is 23.6 Å². The van der Waals surface area contributed by atoms with Gasteiger partial charge in [0, 0.05) is 10.9 Å². The number of carbonyl (C=O) groups excluding carboxylic acids is 1. The van der Waals surface area contributed by atoms with E-state index in [4.69, 9.17) is 11.6 Å². The zero-order chi connectivity index (χ0) is 11.8. The number of carbonyl (C=O) groups is 1. The molecule has 1 amide bonds. The third-order valence-electron chi connectivity index (χ3n) is 3.64. The summed E-state index contributed by atoms with van der Waals surface area (Å²) < 4.78 is 0. The summed E-state index contributed by atoms with van der Waals surface area (Å²) in [7, 11) is 0. The monoisotopic (exact) mass is 267 g/mol. The van der Waals surface area contributed by atoms with E-state index in [1.54, 1.807) is 11.3 Å². The number of alkyl halides is 1. The maximum atomic E-state index is 11.8. The molecule has 0 radical (unpaired) electrons. The van der Waals surface area contributed by atoms with Crippen molar-refractivity contribution in [3.63, 3.8) is 0 Å². The van der Waals surface area contributed by atoms with Crippen LogP contribution in [0.5, 0.6) is 0 Å². The average molecular weight is 268 g/mol. The van der Waals surface area contributed by atoms with Gasteiger partial charge in [0.25, 0.3) is 0 Å². The molecule has 2 aliphatic heterocycles. The van der Waals surface area contributed by atoms with Crippen LogP contribution in [0.4, 0.5) is 0 Å². The second-order valence-electron chi connectivity index (χ2n) is 4.61. The normalized spacial score (nSPS) is 27.1. The Morgan fingerprint density at radius 3 is 3.06 bits per heavy atom. The summed E-state index contributed by atoms with van der Waals surface area (Å²) >= 11 is 7.45. The summed E-state index contributed by atoms with van der Waals surface area (Å²) in [6.07, 6.45) is 5.44. The molecule has 2 unspecified atom stereocenters. The molecule has 2 atom stereocenters. The Labute approximate surface area is 110 Å². The smallest absolute Gasteiger partial charge is 0.238 e. The molecule has 0 spiro atoms. The highest BCUT2D eigenvalue weighted by Gasteiger charge is 2.39. The van der Waals surface area contributed by atoms with Gasteiger partial charge in [0.05, 0.1) is 6.04 Å². The Hall–Kier alpha value is -0.800. The molecule has 2 bridgehead atoms. The van der Waals surface area contributed by atoms with Gasteiger partial charge in [0.2, 0.25) is 5.91 Å².